The predicted octanol–water partition coefficient (Wildman–Crippen LogP) is 2.83. The summed E-state index contributed by atoms with van der Waals surface area (Å²) in [5.74, 6) is -0.327. The van der Waals surface area contributed by atoms with Gasteiger partial charge in [0.1, 0.15) is 0 Å². The Morgan fingerprint density at radius 3 is 2.42 bits per heavy atom. The minimum atomic E-state index is -0.257. The number of ketones is 1. The van der Waals surface area contributed by atoms with E-state index in [2.05, 4.69) is 11.4 Å². The van der Waals surface area contributed by atoms with Crippen molar-refractivity contribution in [2.75, 3.05) is 0 Å². The molecule has 2 aromatic carbocycles. The minimum Gasteiger partial charge on any atom is -0.321 e. The van der Waals surface area contributed by atoms with E-state index < -0.39 is 0 Å². The highest BCUT2D eigenvalue weighted by atomic mass is 16.2. The van der Waals surface area contributed by atoms with E-state index >= 15 is 0 Å². The molecule has 2 aliphatic rings. The van der Waals surface area contributed by atoms with Crippen LogP contribution in [0.25, 0.3) is 11.3 Å². The zero-order valence-corrected chi connectivity index (χ0v) is 12.7. The number of carbonyl (C=O) groups excluding carboxylic acids is 2. The molecule has 0 atom stereocenters. The first-order chi connectivity index (χ1) is 11.7. The molecule has 0 aromatic heterocycles. The van der Waals surface area contributed by atoms with Gasteiger partial charge in [0.05, 0.1) is 28.5 Å². The molecule has 0 radical (unpaired) electrons. The largest absolute Gasteiger partial charge is 0.321 e. The van der Waals surface area contributed by atoms with Crippen molar-refractivity contribution in [2.45, 2.75) is 6.42 Å². The first-order valence-corrected chi connectivity index (χ1v) is 7.57. The third kappa shape index (κ3) is 2.07. The fraction of sp³-hybridized carbons (Fsp3) is 0.0500. The molecule has 4 rings (SSSR count). The second-order valence-corrected chi connectivity index (χ2v) is 5.72. The molecular formula is C20H12N2O2. The van der Waals surface area contributed by atoms with E-state index in [-0.39, 0.29) is 18.1 Å². The number of allylic oxidation sites excluding steroid dienone is 1. The second-order valence-electron chi connectivity index (χ2n) is 5.72. The number of nitrogens with zero attached hydrogens (tertiary/aromatic N) is 1. The van der Waals surface area contributed by atoms with Crippen LogP contribution >= 0.6 is 0 Å². The number of rotatable bonds is 2. The predicted molar refractivity (Wildman–Crippen MR) is 89.2 cm³/mol. The molecule has 1 heterocycles. The summed E-state index contributed by atoms with van der Waals surface area (Å²) in [6.45, 7) is 0. The van der Waals surface area contributed by atoms with E-state index in [1.54, 1.807) is 18.2 Å². The van der Waals surface area contributed by atoms with Crippen molar-refractivity contribution in [2.24, 2.45) is 0 Å². The van der Waals surface area contributed by atoms with Gasteiger partial charge in [0.2, 0.25) is 0 Å². The van der Waals surface area contributed by atoms with Crippen molar-refractivity contribution in [3.05, 3.63) is 82.4 Å². The summed E-state index contributed by atoms with van der Waals surface area (Å²) in [5.41, 5.74) is 4.24. The number of hydrogen-bond donors (Lipinski definition) is 1. The molecule has 1 aliphatic carbocycles. The van der Waals surface area contributed by atoms with Gasteiger partial charge in [-0.1, -0.05) is 42.5 Å². The smallest absolute Gasteiger partial charge is 0.256 e. The second kappa shape index (κ2) is 5.32. The quantitative estimate of drug-likeness (QED) is 0.927. The Labute approximate surface area is 138 Å². The van der Waals surface area contributed by atoms with E-state index in [1.165, 1.54) is 0 Å². The Bertz CT molecular complexity index is 992. The maximum atomic E-state index is 12.6. The van der Waals surface area contributed by atoms with Crippen LogP contribution in [-0.4, -0.2) is 11.7 Å². The van der Waals surface area contributed by atoms with Crippen LogP contribution in [0.1, 0.15) is 23.1 Å². The van der Waals surface area contributed by atoms with Crippen molar-refractivity contribution in [3.8, 4) is 6.07 Å². The van der Waals surface area contributed by atoms with Crippen LogP contribution in [0.4, 0.5) is 0 Å². The fourth-order valence-electron chi connectivity index (χ4n) is 3.23. The van der Waals surface area contributed by atoms with Crippen molar-refractivity contribution < 1.29 is 9.59 Å². The number of hydrogen-bond acceptors (Lipinski definition) is 3. The Balaban J connectivity index is 1.92. The monoisotopic (exact) mass is 312 g/mol. The number of carbonyl (C=O) groups is 2. The summed E-state index contributed by atoms with van der Waals surface area (Å²) in [6.07, 6.45) is 0.184. The summed E-state index contributed by atoms with van der Waals surface area (Å²) in [7, 11) is 0. The van der Waals surface area contributed by atoms with Crippen LogP contribution in [0.15, 0.2) is 65.7 Å². The summed E-state index contributed by atoms with van der Waals surface area (Å²) in [6, 6.07) is 18.5. The Morgan fingerprint density at radius 1 is 0.917 bits per heavy atom. The maximum absolute atomic E-state index is 12.6. The van der Waals surface area contributed by atoms with Crippen LogP contribution in [0.5, 0.6) is 0 Å². The van der Waals surface area contributed by atoms with E-state index in [1.807, 2.05) is 36.4 Å². The molecular weight excluding hydrogens is 300 g/mol. The average Bonchev–Trinajstić information content (AvgIpc) is 3.15. The highest BCUT2D eigenvalue weighted by Crippen LogP contribution is 2.42. The van der Waals surface area contributed by atoms with E-state index in [0.717, 1.165) is 11.1 Å². The number of Topliss-reactive ketones (excluding diaryl/α,β-unsaturated/α-hetero) is 1. The molecule has 24 heavy (non-hydrogen) atoms. The molecule has 0 spiro atoms. The molecule has 1 amide bonds. The lowest BCUT2D eigenvalue weighted by atomic mass is 9.99. The molecule has 0 saturated carbocycles. The van der Waals surface area contributed by atoms with E-state index in [9.17, 15) is 9.59 Å². The average molecular weight is 312 g/mol. The SMILES string of the molecule is N#Cc1cccc(C2=C3C(=O)NC(c4ccccc4)=C3C(=O)C2)c1. The first-order valence-electron chi connectivity index (χ1n) is 7.57. The van der Waals surface area contributed by atoms with Crippen LogP contribution < -0.4 is 5.32 Å². The number of nitrogens with one attached hydrogen (secondary N) is 1. The normalized spacial score (nSPS) is 16.3. The highest BCUT2D eigenvalue weighted by molar-refractivity contribution is 6.31. The summed E-state index contributed by atoms with van der Waals surface area (Å²) < 4.78 is 0. The third-order valence-electron chi connectivity index (χ3n) is 4.29. The summed E-state index contributed by atoms with van der Waals surface area (Å²) in [5, 5.41) is 11.9. The third-order valence-corrected chi connectivity index (χ3v) is 4.29. The van der Waals surface area contributed by atoms with Gasteiger partial charge < -0.3 is 5.32 Å². The van der Waals surface area contributed by atoms with E-state index in [0.29, 0.717) is 28.0 Å². The highest BCUT2D eigenvalue weighted by Gasteiger charge is 2.40. The lowest BCUT2D eigenvalue weighted by Crippen LogP contribution is -2.16. The summed E-state index contributed by atoms with van der Waals surface area (Å²) >= 11 is 0. The minimum absolute atomic E-state index is 0.0698. The van der Waals surface area contributed by atoms with Crippen LogP contribution in [0, 0.1) is 11.3 Å². The standard InChI is InChI=1S/C20H12N2O2/c21-11-12-5-4-8-14(9-12)15-10-16(23)18-17(15)20(24)22-19(18)13-6-2-1-3-7-13/h1-9H,10H2,(H,22,24). The van der Waals surface area contributed by atoms with Crippen LogP contribution in [0.2, 0.25) is 0 Å². The Hall–Kier alpha value is -3.45. The molecule has 1 aliphatic heterocycles. The molecule has 0 bridgehead atoms. The zero-order valence-electron chi connectivity index (χ0n) is 12.7. The van der Waals surface area contributed by atoms with Crippen LogP contribution in [-0.2, 0) is 9.59 Å². The molecule has 0 saturated heterocycles. The molecule has 4 heteroatoms. The molecule has 4 nitrogen and oxygen atoms in total. The van der Waals surface area contributed by atoms with Gasteiger partial charge in [0, 0.05) is 6.42 Å². The van der Waals surface area contributed by atoms with Gasteiger partial charge in [0.15, 0.2) is 5.78 Å². The Kier molecular flexibility index (Phi) is 3.14. The van der Waals surface area contributed by atoms with Crippen LogP contribution in [0.3, 0.4) is 0 Å². The maximum Gasteiger partial charge on any atom is 0.256 e. The molecule has 114 valence electrons. The number of fused-ring (bicyclic) bond motifs is 1. The van der Waals surface area contributed by atoms with Crippen molar-refractivity contribution in [1.29, 1.82) is 5.26 Å². The zero-order chi connectivity index (χ0) is 16.7. The lowest BCUT2D eigenvalue weighted by molar-refractivity contribution is -0.116. The van der Waals surface area contributed by atoms with Gasteiger partial charge >= 0.3 is 0 Å². The topological polar surface area (TPSA) is 70.0 Å². The van der Waals surface area contributed by atoms with Gasteiger partial charge in [-0.2, -0.15) is 5.26 Å². The first kappa shape index (κ1) is 14.2. The summed E-state index contributed by atoms with van der Waals surface area (Å²) in [4.78, 5) is 25.1. The van der Waals surface area contributed by atoms with Gasteiger partial charge in [-0.05, 0) is 28.8 Å². The fourth-order valence-corrected chi connectivity index (χ4v) is 3.23. The molecule has 0 unspecified atom stereocenters. The van der Waals surface area contributed by atoms with Gasteiger partial charge in [-0.15, -0.1) is 0 Å². The van der Waals surface area contributed by atoms with Gasteiger partial charge in [0.25, 0.3) is 5.91 Å². The number of benzene rings is 2. The molecule has 0 fully saturated rings. The molecule has 2 aromatic rings. The Morgan fingerprint density at radius 2 is 1.67 bits per heavy atom. The van der Waals surface area contributed by atoms with Crippen molar-refractivity contribution >= 4 is 23.0 Å². The van der Waals surface area contributed by atoms with Crippen molar-refractivity contribution in [3.63, 3.8) is 0 Å². The molecule has 1 N–H and O–H groups in total. The van der Waals surface area contributed by atoms with Gasteiger partial charge in [-0.25, -0.2) is 0 Å². The van der Waals surface area contributed by atoms with Gasteiger partial charge in [-0.3, -0.25) is 9.59 Å². The number of nitriles is 1. The van der Waals surface area contributed by atoms with Crippen molar-refractivity contribution in [1.82, 2.24) is 5.32 Å². The van der Waals surface area contributed by atoms with E-state index in [4.69, 9.17) is 5.26 Å². The lowest BCUT2D eigenvalue weighted by Gasteiger charge is -2.06. The number of amides is 1.